The lowest BCUT2D eigenvalue weighted by Crippen LogP contribution is -2.41. The molecule has 96 valence electrons. The van der Waals surface area contributed by atoms with Crippen molar-refractivity contribution in [2.45, 2.75) is 24.7 Å². The summed E-state index contributed by atoms with van der Waals surface area (Å²) in [5, 5.41) is 3.49. The number of rotatable bonds is 0. The number of piperidine rings is 1. The molecule has 0 aromatic heterocycles. The lowest BCUT2D eigenvalue weighted by Gasteiger charge is -2.36. The van der Waals surface area contributed by atoms with Crippen LogP contribution in [0.1, 0.15) is 24.0 Å². The van der Waals surface area contributed by atoms with Gasteiger partial charge in [-0.05, 0) is 57.1 Å². The van der Waals surface area contributed by atoms with E-state index in [4.69, 9.17) is 4.74 Å². The molecule has 1 N–H and O–H groups in total. The van der Waals surface area contributed by atoms with Gasteiger partial charge in [0.1, 0.15) is 5.75 Å². The minimum absolute atomic E-state index is 0.293. The summed E-state index contributed by atoms with van der Waals surface area (Å²) in [7, 11) is 2.22. The molecule has 3 aliphatic heterocycles. The zero-order valence-corrected chi connectivity index (χ0v) is 11.0. The Hall–Kier alpha value is -1.22. The molecule has 1 spiro atoms. The molecule has 1 aromatic carbocycles. The second-order valence-corrected chi connectivity index (χ2v) is 6.05. The maximum atomic E-state index is 6.01. The average molecular weight is 244 g/mol. The van der Waals surface area contributed by atoms with Crippen molar-refractivity contribution in [1.29, 1.82) is 0 Å². The summed E-state index contributed by atoms with van der Waals surface area (Å²) in [5.74, 6) is 1.15. The number of ether oxygens (including phenoxy) is 1. The number of hydrogen-bond acceptors (Lipinski definition) is 3. The molecule has 0 atom stereocenters. The molecule has 0 aliphatic carbocycles. The van der Waals surface area contributed by atoms with Crippen molar-refractivity contribution in [3.8, 4) is 5.75 Å². The Morgan fingerprint density at radius 3 is 2.94 bits per heavy atom. The summed E-state index contributed by atoms with van der Waals surface area (Å²) >= 11 is 0. The van der Waals surface area contributed by atoms with Crippen molar-refractivity contribution < 1.29 is 4.74 Å². The van der Waals surface area contributed by atoms with Crippen LogP contribution in [-0.2, 0) is 11.8 Å². The van der Waals surface area contributed by atoms with Gasteiger partial charge in [-0.3, -0.25) is 0 Å². The molecule has 0 unspecified atom stereocenters. The van der Waals surface area contributed by atoms with Crippen LogP contribution in [-0.4, -0.2) is 38.2 Å². The zero-order valence-electron chi connectivity index (χ0n) is 11.0. The minimum Gasteiger partial charge on any atom is -0.492 e. The second kappa shape index (κ2) is 3.64. The SMILES string of the molecule is CN1CCC2(CC1)COc1cc3c(cc12)NCC3. The molecule has 0 amide bonds. The average Bonchev–Trinajstić information content (AvgIpc) is 2.96. The summed E-state index contributed by atoms with van der Waals surface area (Å²) in [4.78, 5) is 2.43. The van der Waals surface area contributed by atoms with Crippen LogP contribution in [0.3, 0.4) is 0 Å². The zero-order chi connectivity index (χ0) is 12.2. The lowest BCUT2D eigenvalue weighted by atomic mass is 9.74. The number of fused-ring (bicyclic) bond motifs is 3. The van der Waals surface area contributed by atoms with Crippen LogP contribution < -0.4 is 10.1 Å². The molecule has 1 aromatic rings. The van der Waals surface area contributed by atoms with Crippen LogP contribution in [0, 0.1) is 0 Å². The van der Waals surface area contributed by atoms with Gasteiger partial charge in [-0.1, -0.05) is 0 Å². The van der Waals surface area contributed by atoms with Gasteiger partial charge in [-0.2, -0.15) is 0 Å². The van der Waals surface area contributed by atoms with Crippen molar-refractivity contribution in [3.05, 3.63) is 23.3 Å². The summed E-state index contributed by atoms with van der Waals surface area (Å²) in [6, 6.07) is 4.65. The number of anilines is 1. The molecule has 3 aliphatic rings. The first-order valence-corrected chi connectivity index (χ1v) is 6.99. The Bertz CT molecular complexity index is 490. The van der Waals surface area contributed by atoms with Gasteiger partial charge in [-0.25, -0.2) is 0 Å². The molecular weight excluding hydrogens is 224 g/mol. The topological polar surface area (TPSA) is 24.5 Å². The number of hydrogen-bond donors (Lipinski definition) is 1. The fourth-order valence-corrected chi connectivity index (χ4v) is 3.61. The fourth-order valence-electron chi connectivity index (χ4n) is 3.61. The smallest absolute Gasteiger partial charge is 0.123 e. The Balaban J connectivity index is 1.75. The maximum absolute atomic E-state index is 6.01. The van der Waals surface area contributed by atoms with Gasteiger partial charge in [0, 0.05) is 23.2 Å². The van der Waals surface area contributed by atoms with E-state index >= 15 is 0 Å². The molecule has 1 saturated heterocycles. The van der Waals surface area contributed by atoms with E-state index in [9.17, 15) is 0 Å². The Labute approximate surface area is 108 Å². The molecule has 18 heavy (non-hydrogen) atoms. The van der Waals surface area contributed by atoms with Crippen LogP contribution >= 0.6 is 0 Å². The van der Waals surface area contributed by atoms with E-state index in [2.05, 4.69) is 29.4 Å². The Morgan fingerprint density at radius 1 is 1.28 bits per heavy atom. The molecule has 1 fully saturated rings. The van der Waals surface area contributed by atoms with Crippen LogP contribution in [0.4, 0.5) is 5.69 Å². The first-order chi connectivity index (χ1) is 8.77. The van der Waals surface area contributed by atoms with E-state index in [0.29, 0.717) is 5.41 Å². The quantitative estimate of drug-likeness (QED) is 0.755. The van der Waals surface area contributed by atoms with Crippen molar-refractivity contribution >= 4 is 5.69 Å². The largest absolute Gasteiger partial charge is 0.492 e. The van der Waals surface area contributed by atoms with Crippen molar-refractivity contribution in [2.75, 3.05) is 38.6 Å². The highest BCUT2D eigenvalue weighted by molar-refractivity contribution is 5.63. The van der Waals surface area contributed by atoms with E-state index in [0.717, 1.165) is 25.3 Å². The molecule has 4 rings (SSSR count). The van der Waals surface area contributed by atoms with Crippen molar-refractivity contribution in [1.82, 2.24) is 4.90 Å². The molecule has 0 saturated carbocycles. The molecule has 3 nitrogen and oxygen atoms in total. The standard InChI is InChI=1S/C15H20N2O/c1-17-6-3-15(4-7-17)10-18-14-8-11-2-5-16-13(11)9-12(14)15/h8-9,16H,2-7,10H2,1H3. The number of likely N-dealkylation sites (tertiary alicyclic amines) is 1. The number of nitrogens with zero attached hydrogens (tertiary/aromatic N) is 1. The van der Waals surface area contributed by atoms with E-state index < -0.39 is 0 Å². The van der Waals surface area contributed by atoms with Crippen LogP contribution in [0.5, 0.6) is 5.75 Å². The summed E-state index contributed by atoms with van der Waals surface area (Å²) in [5.41, 5.74) is 4.53. The molecule has 3 heterocycles. The van der Waals surface area contributed by atoms with Gasteiger partial charge >= 0.3 is 0 Å². The summed E-state index contributed by atoms with van der Waals surface area (Å²) < 4.78 is 6.01. The number of nitrogens with one attached hydrogen (secondary N) is 1. The van der Waals surface area contributed by atoms with E-state index in [-0.39, 0.29) is 0 Å². The van der Waals surface area contributed by atoms with Crippen molar-refractivity contribution in [2.24, 2.45) is 0 Å². The molecule has 0 bridgehead atoms. The van der Waals surface area contributed by atoms with Gasteiger partial charge in [0.2, 0.25) is 0 Å². The molecular formula is C15H20N2O. The minimum atomic E-state index is 0.293. The van der Waals surface area contributed by atoms with E-state index in [1.165, 1.54) is 42.7 Å². The van der Waals surface area contributed by atoms with Gasteiger partial charge in [-0.15, -0.1) is 0 Å². The van der Waals surface area contributed by atoms with Crippen LogP contribution in [0.15, 0.2) is 12.1 Å². The predicted molar refractivity (Wildman–Crippen MR) is 72.5 cm³/mol. The van der Waals surface area contributed by atoms with Gasteiger partial charge < -0.3 is 15.0 Å². The van der Waals surface area contributed by atoms with Gasteiger partial charge in [0.15, 0.2) is 0 Å². The van der Waals surface area contributed by atoms with E-state index in [1.54, 1.807) is 0 Å². The normalized spacial score (nSPS) is 24.5. The van der Waals surface area contributed by atoms with Crippen LogP contribution in [0.2, 0.25) is 0 Å². The highest BCUT2D eigenvalue weighted by atomic mass is 16.5. The lowest BCUT2D eigenvalue weighted by molar-refractivity contribution is 0.155. The Morgan fingerprint density at radius 2 is 2.11 bits per heavy atom. The third-order valence-corrected chi connectivity index (χ3v) is 4.93. The van der Waals surface area contributed by atoms with Gasteiger partial charge in [0.25, 0.3) is 0 Å². The second-order valence-electron chi connectivity index (χ2n) is 6.05. The highest BCUT2D eigenvalue weighted by Crippen LogP contribution is 2.47. The molecule has 0 radical (unpaired) electrons. The van der Waals surface area contributed by atoms with Crippen LogP contribution in [0.25, 0.3) is 0 Å². The predicted octanol–water partition coefficient (Wildman–Crippen LogP) is 2.01. The first kappa shape index (κ1) is 10.7. The van der Waals surface area contributed by atoms with Crippen molar-refractivity contribution in [3.63, 3.8) is 0 Å². The Kier molecular flexibility index (Phi) is 2.16. The maximum Gasteiger partial charge on any atom is 0.123 e. The highest BCUT2D eigenvalue weighted by Gasteiger charge is 2.43. The van der Waals surface area contributed by atoms with E-state index in [1.807, 2.05) is 0 Å². The third kappa shape index (κ3) is 1.40. The molecule has 3 heteroatoms. The number of benzene rings is 1. The summed E-state index contributed by atoms with van der Waals surface area (Å²) in [6.45, 7) is 4.34. The van der Waals surface area contributed by atoms with Gasteiger partial charge in [0.05, 0.1) is 6.61 Å². The first-order valence-electron chi connectivity index (χ1n) is 6.99. The summed E-state index contributed by atoms with van der Waals surface area (Å²) in [6.07, 6.45) is 3.60. The monoisotopic (exact) mass is 244 g/mol. The fraction of sp³-hybridized carbons (Fsp3) is 0.600. The third-order valence-electron chi connectivity index (χ3n) is 4.93.